The van der Waals surface area contributed by atoms with Crippen LogP contribution in [0.1, 0.15) is 31.5 Å². The minimum atomic E-state index is 0.236. The molecule has 1 aliphatic carbocycles. The van der Waals surface area contributed by atoms with Crippen LogP contribution in [0, 0.1) is 5.92 Å². The van der Waals surface area contributed by atoms with E-state index in [-0.39, 0.29) is 6.04 Å². The first-order chi connectivity index (χ1) is 8.33. The Hall–Kier alpha value is -1.03. The third-order valence-corrected chi connectivity index (χ3v) is 4.60. The van der Waals surface area contributed by atoms with Crippen molar-refractivity contribution in [1.82, 2.24) is 10.3 Å². The number of aromatic nitrogens is 1. The summed E-state index contributed by atoms with van der Waals surface area (Å²) in [6, 6.07) is 6.26. The molecule has 0 amide bonds. The van der Waals surface area contributed by atoms with Crippen molar-refractivity contribution in [3.8, 4) is 0 Å². The van der Waals surface area contributed by atoms with Gasteiger partial charge in [0.2, 0.25) is 0 Å². The Bertz CT molecular complexity index is 414. The fraction of sp³-hybridized carbons (Fsp3) is 0.538. The van der Waals surface area contributed by atoms with E-state index in [2.05, 4.69) is 28.3 Å². The van der Waals surface area contributed by atoms with Gasteiger partial charge in [-0.3, -0.25) is 9.98 Å². The van der Waals surface area contributed by atoms with Gasteiger partial charge < -0.3 is 5.32 Å². The summed E-state index contributed by atoms with van der Waals surface area (Å²) in [7, 11) is 0. The molecule has 1 saturated carbocycles. The van der Waals surface area contributed by atoms with E-state index >= 15 is 0 Å². The number of hydrogen-bond acceptors (Lipinski definition) is 4. The average molecular weight is 247 g/mol. The first-order valence-corrected chi connectivity index (χ1v) is 7.09. The highest BCUT2D eigenvalue weighted by molar-refractivity contribution is 8.14. The van der Waals surface area contributed by atoms with E-state index in [0.717, 1.165) is 28.6 Å². The highest BCUT2D eigenvalue weighted by Crippen LogP contribution is 2.41. The van der Waals surface area contributed by atoms with Gasteiger partial charge in [-0.2, -0.15) is 0 Å². The van der Waals surface area contributed by atoms with Gasteiger partial charge in [-0.05, 0) is 37.8 Å². The maximum atomic E-state index is 4.58. The third kappa shape index (κ3) is 2.63. The molecule has 1 fully saturated rings. The zero-order chi connectivity index (χ0) is 11.7. The average Bonchev–Trinajstić information content (AvgIpc) is 3.12. The number of rotatable bonds is 3. The Kier molecular flexibility index (Phi) is 3.05. The fourth-order valence-corrected chi connectivity index (χ4v) is 3.37. The number of thioether (sulfide) groups is 1. The van der Waals surface area contributed by atoms with Crippen LogP contribution in [0.5, 0.6) is 0 Å². The molecule has 3 nitrogen and oxygen atoms in total. The molecule has 17 heavy (non-hydrogen) atoms. The number of amidine groups is 1. The first kappa shape index (κ1) is 11.1. The zero-order valence-corrected chi connectivity index (χ0v) is 10.8. The van der Waals surface area contributed by atoms with Crippen LogP contribution in [0.25, 0.3) is 0 Å². The van der Waals surface area contributed by atoms with Gasteiger partial charge in [0.05, 0.1) is 18.3 Å². The van der Waals surface area contributed by atoms with Gasteiger partial charge in [0.1, 0.15) is 0 Å². The first-order valence-electron chi connectivity index (χ1n) is 6.21. The van der Waals surface area contributed by atoms with E-state index in [1.54, 1.807) is 0 Å². The third-order valence-electron chi connectivity index (χ3n) is 3.30. The highest BCUT2D eigenvalue weighted by Gasteiger charge is 2.35. The van der Waals surface area contributed by atoms with E-state index in [4.69, 9.17) is 0 Å². The van der Waals surface area contributed by atoms with E-state index in [1.165, 1.54) is 12.8 Å². The quantitative estimate of drug-likeness (QED) is 0.892. The number of aliphatic imine (C=N–C) groups is 1. The summed E-state index contributed by atoms with van der Waals surface area (Å²) in [6.45, 7) is 3.13. The number of nitrogens with one attached hydrogen (secondary N) is 1. The predicted octanol–water partition coefficient (Wildman–Crippen LogP) is 2.61. The molecule has 0 saturated heterocycles. The molecule has 1 aromatic rings. The topological polar surface area (TPSA) is 37.3 Å². The lowest BCUT2D eigenvalue weighted by atomic mass is 10.2. The van der Waals surface area contributed by atoms with Crippen LogP contribution in [0.4, 0.5) is 0 Å². The van der Waals surface area contributed by atoms with Crippen molar-refractivity contribution in [2.45, 2.75) is 31.1 Å². The SMILES string of the molecule is CC(NC1=NCC(C2CC2)S1)c1ccccn1. The Morgan fingerprint density at radius 2 is 2.29 bits per heavy atom. The van der Waals surface area contributed by atoms with Crippen LogP contribution in [-0.2, 0) is 0 Å². The van der Waals surface area contributed by atoms with Crippen molar-refractivity contribution in [2.75, 3.05) is 6.54 Å². The standard InChI is InChI=1S/C13H17N3S/c1-9(11-4-2-3-7-14-11)16-13-15-8-12(17-13)10-5-6-10/h2-4,7,9-10,12H,5-6,8H2,1H3,(H,15,16). The van der Waals surface area contributed by atoms with E-state index < -0.39 is 0 Å². The predicted molar refractivity (Wildman–Crippen MR) is 72.2 cm³/mol. The van der Waals surface area contributed by atoms with Crippen LogP contribution in [0.2, 0.25) is 0 Å². The lowest BCUT2D eigenvalue weighted by molar-refractivity contribution is 0.696. The zero-order valence-electron chi connectivity index (χ0n) is 9.97. The van der Waals surface area contributed by atoms with E-state index in [1.807, 2.05) is 30.1 Å². The Morgan fingerprint density at radius 3 is 3.00 bits per heavy atom. The Balaban J connectivity index is 1.57. The van der Waals surface area contributed by atoms with Gasteiger partial charge in [-0.25, -0.2) is 0 Å². The molecule has 1 aliphatic heterocycles. The van der Waals surface area contributed by atoms with Crippen LogP contribution < -0.4 is 5.32 Å². The van der Waals surface area contributed by atoms with Gasteiger partial charge in [-0.1, -0.05) is 17.8 Å². The number of nitrogens with zero attached hydrogens (tertiary/aromatic N) is 2. The fourth-order valence-electron chi connectivity index (χ4n) is 2.08. The smallest absolute Gasteiger partial charge is 0.157 e. The molecule has 4 heteroatoms. The normalized spacial score (nSPS) is 25.5. The second-order valence-corrected chi connectivity index (χ2v) is 5.99. The summed E-state index contributed by atoms with van der Waals surface area (Å²) in [5, 5.41) is 5.29. The summed E-state index contributed by atoms with van der Waals surface area (Å²) in [6.07, 6.45) is 4.64. The molecule has 0 aromatic carbocycles. The minimum absolute atomic E-state index is 0.236. The Morgan fingerprint density at radius 1 is 1.41 bits per heavy atom. The molecule has 3 rings (SSSR count). The van der Waals surface area contributed by atoms with Gasteiger partial charge in [-0.15, -0.1) is 0 Å². The van der Waals surface area contributed by atoms with Crippen LogP contribution in [0.3, 0.4) is 0 Å². The molecular weight excluding hydrogens is 230 g/mol. The molecule has 0 bridgehead atoms. The van der Waals surface area contributed by atoms with Gasteiger partial charge in [0.25, 0.3) is 0 Å². The lowest BCUT2D eigenvalue weighted by Gasteiger charge is -2.14. The Labute approximate surface area is 106 Å². The molecule has 90 valence electrons. The molecule has 2 aliphatic rings. The van der Waals surface area contributed by atoms with Crippen LogP contribution in [-0.4, -0.2) is 21.9 Å². The van der Waals surface area contributed by atoms with E-state index in [9.17, 15) is 0 Å². The minimum Gasteiger partial charge on any atom is -0.357 e. The van der Waals surface area contributed by atoms with Crippen molar-refractivity contribution in [3.63, 3.8) is 0 Å². The van der Waals surface area contributed by atoms with Crippen LogP contribution in [0.15, 0.2) is 29.4 Å². The molecule has 2 heterocycles. The maximum Gasteiger partial charge on any atom is 0.157 e. The molecule has 1 N–H and O–H groups in total. The van der Waals surface area contributed by atoms with Crippen molar-refractivity contribution in [1.29, 1.82) is 0 Å². The maximum absolute atomic E-state index is 4.58. The molecule has 0 radical (unpaired) electrons. The van der Waals surface area contributed by atoms with Gasteiger partial charge in [0.15, 0.2) is 5.17 Å². The van der Waals surface area contributed by atoms with E-state index in [0.29, 0.717) is 0 Å². The molecule has 0 spiro atoms. The van der Waals surface area contributed by atoms with Crippen molar-refractivity contribution in [3.05, 3.63) is 30.1 Å². The largest absolute Gasteiger partial charge is 0.357 e. The molecule has 2 atom stereocenters. The lowest BCUT2D eigenvalue weighted by Crippen LogP contribution is -2.24. The summed E-state index contributed by atoms with van der Waals surface area (Å²) in [4.78, 5) is 8.95. The second-order valence-electron chi connectivity index (χ2n) is 4.76. The summed E-state index contributed by atoms with van der Waals surface area (Å²) >= 11 is 1.92. The van der Waals surface area contributed by atoms with Gasteiger partial charge >= 0.3 is 0 Å². The van der Waals surface area contributed by atoms with Crippen molar-refractivity contribution >= 4 is 16.9 Å². The van der Waals surface area contributed by atoms with Crippen molar-refractivity contribution in [2.24, 2.45) is 10.9 Å². The molecule has 1 aromatic heterocycles. The van der Waals surface area contributed by atoms with Crippen LogP contribution >= 0.6 is 11.8 Å². The number of hydrogen-bond donors (Lipinski definition) is 1. The number of pyridine rings is 1. The van der Waals surface area contributed by atoms with Gasteiger partial charge in [0, 0.05) is 11.4 Å². The molecule has 2 unspecified atom stereocenters. The monoisotopic (exact) mass is 247 g/mol. The second kappa shape index (κ2) is 4.69. The summed E-state index contributed by atoms with van der Waals surface area (Å²) in [5.74, 6) is 0.924. The van der Waals surface area contributed by atoms with Crippen molar-refractivity contribution < 1.29 is 0 Å². The summed E-state index contributed by atoms with van der Waals surface area (Å²) < 4.78 is 0. The summed E-state index contributed by atoms with van der Waals surface area (Å²) in [5.41, 5.74) is 1.07. The highest BCUT2D eigenvalue weighted by atomic mass is 32.2. The molecular formula is C13H17N3S.